The summed E-state index contributed by atoms with van der Waals surface area (Å²) < 4.78 is 28.2. The van der Waals surface area contributed by atoms with E-state index in [9.17, 15) is 23.1 Å². The minimum absolute atomic E-state index is 0.0998. The molecule has 7 nitrogen and oxygen atoms in total. The average molecular weight is 523 g/mol. The number of carboxylic acid groups (broad SMARTS) is 1. The molecule has 1 amide bonds. The highest BCUT2D eigenvalue weighted by Crippen LogP contribution is 2.26. The Kier molecular flexibility index (Phi) is 9.10. The minimum Gasteiger partial charge on any atom is -0.481 e. The van der Waals surface area contributed by atoms with Gasteiger partial charge in [0.1, 0.15) is 0 Å². The Hall–Kier alpha value is -3.65. The molecule has 3 N–H and O–H groups in total. The van der Waals surface area contributed by atoms with Crippen molar-refractivity contribution in [3.8, 4) is 0 Å². The number of carbonyl (C=O) groups is 2. The quantitative estimate of drug-likeness (QED) is 0.302. The average Bonchev–Trinajstić information content (AvgIpc) is 2.82. The highest BCUT2D eigenvalue weighted by atomic mass is 32.2. The van der Waals surface area contributed by atoms with Crippen molar-refractivity contribution in [3.05, 3.63) is 94.5 Å². The van der Waals surface area contributed by atoms with Crippen LogP contribution in [0.4, 0.5) is 5.69 Å². The molecule has 0 aliphatic carbocycles. The third-order valence-corrected chi connectivity index (χ3v) is 7.32. The van der Waals surface area contributed by atoms with Crippen LogP contribution >= 0.6 is 0 Å². The molecule has 0 saturated heterocycles. The van der Waals surface area contributed by atoms with Gasteiger partial charge in [0.15, 0.2) is 0 Å². The molecule has 0 fully saturated rings. The fourth-order valence-electron chi connectivity index (χ4n) is 4.32. The molecule has 3 rings (SSSR count). The maximum atomic E-state index is 13.6. The van der Waals surface area contributed by atoms with Crippen LogP contribution in [0.2, 0.25) is 0 Å². The lowest BCUT2D eigenvalue weighted by Gasteiger charge is -2.23. The highest BCUT2D eigenvalue weighted by Gasteiger charge is 2.22. The van der Waals surface area contributed by atoms with Crippen LogP contribution < -0.4 is 10.0 Å². The van der Waals surface area contributed by atoms with Crippen molar-refractivity contribution in [2.75, 3.05) is 4.72 Å². The first-order valence-electron chi connectivity index (χ1n) is 12.3. The van der Waals surface area contributed by atoms with E-state index in [0.717, 1.165) is 16.7 Å². The van der Waals surface area contributed by atoms with Gasteiger partial charge in [-0.25, -0.2) is 8.42 Å². The summed E-state index contributed by atoms with van der Waals surface area (Å²) in [5.74, 6) is -1.05. The lowest BCUT2D eigenvalue weighted by Crippen LogP contribution is -2.30. The Balaban J connectivity index is 1.97. The highest BCUT2D eigenvalue weighted by molar-refractivity contribution is 7.92. The molecule has 0 aromatic heterocycles. The van der Waals surface area contributed by atoms with Crippen LogP contribution in [0, 0.1) is 19.8 Å². The van der Waals surface area contributed by atoms with E-state index in [0.29, 0.717) is 17.9 Å². The summed E-state index contributed by atoms with van der Waals surface area (Å²) >= 11 is 0. The number of hydrogen-bond donors (Lipinski definition) is 3. The predicted octanol–water partition coefficient (Wildman–Crippen LogP) is 5.64. The number of aliphatic carboxylic acids is 1. The topological polar surface area (TPSA) is 113 Å². The summed E-state index contributed by atoms with van der Waals surface area (Å²) in [6.45, 7) is 8.19. The lowest BCUT2D eigenvalue weighted by molar-refractivity contribution is -0.136. The first-order chi connectivity index (χ1) is 17.4. The van der Waals surface area contributed by atoms with Gasteiger partial charge in [-0.2, -0.15) is 0 Å². The van der Waals surface area contributed by atoms with Crippen molar-refractivity contribution in [1.82, 2.24) is 5.32 Å². The Labute approximate surface area is 219 Å². The number of carbonyl (C=O) groups excluding carboxylic acids is 1. The van der Waals surface area contributed by atoms with E-state index in [-0.39, 0.29) is 40.9 Å². The molecule has 0 heterocycles. The van der Waals surface area contributed by atoms with Gasteiger partial charge >= 0.3 is 5.97 Å². The van der Waals surface area contributed by atoms with Crippen molar-refractivity contribution in [1.29, 1.82) is 0 Å². The van der Waals surface area contributed by atoms with Crippen LogP contribution in [0.1, 0.15) is 65.3 Å². The van der Waals surface area contributed by atoms with Crippen molar-refractivity contribution in [2.45, 2.75) is 57.9 Å². The van der Waals surface area contributed by atoms with Gasteiger partial charge in [-0.3, -0.25) is 14.3 Å². The molecule has 0 bridgehead atoms. The van der Waals surface area contributed by atoms with Crippen LogP contribution in [0.15, 0.2) is 71.6 Å². The number of nitrogens with one attached hydrogen (secondary N) is 2. The van der Waals surface area contributed by atoms with E-state index in [1.54, 1.807) is 30.3 Å². The zero-order valence-electron chi connectivity index (χ0n) is 21.6. The van der Waals surface area contributed by atoms with Crippen LogP contribution in [0.5, 0.6) is 0 Å². The lowest BCUT2D eigenvalue weighted by atomic mass is 9.93. The Morgan fingerprint density at radius 1 is 0.919 bits per heavy atom. The van der Waals surface area contributed by atoms with Gasteiger partial charge < -0.3 is 10.4 Å². The Morgan fingerprint density at radius 2 is 1.57 bits per heavy atom. The molecular formula is C29H34N2O5S. The van der Waals surface area contributed by atoms with Gasteiger partial charge in [0, 0.05) is 17.7 Å². The van der Waals surface area contributed by atoms with Gasteiger partial charge in [-0.15, -0.1) is 0 Å². The number of amides is 1. The number of sulfonamides is 1. The predicted molar refractivity (Wildman–Crippen MR) is 145 cm³/mol. The van der Waals surface area contributed by atoms with E-state index < -0.39 is 16.0 Å². The first-order valence-corrected chi connectivity index (χ1v) is 13.7. The zero-order chi connectivity index (χ0) is 27.2. The monoisotopic (exact) mass is 522 g/mol. The molecule has 8 heteroatoms. The fraction of sp³-hybridized carbons (Fsp3) is 0.310. The van der Waals surface area contributed by atoms with E-state index >= 15 is 0 Å². The molecule has 3 aromatic carbocycles. The second-order valence-electron chi connectivity index (χ2n) is 9.76. The van der Waals surface area contributed by atoms with Crippen LogP contribution in [0.25, 0.3) is 0 Å². The second kappa shape index (κ2) is 12.1. The Bertz CT molecular complexity index is 1350. The summed E-state index contributed by atoms with van der Waals surface area (Å²) in [5.41, 5.74) is 4.18. The molecule has 196 valence electrons. The number of hydrogen-bond acceptors (Lipinski definition) is 4. The third-order valence-electron chi connectivity index (χ3n) is 5.93. The third kappa shape index (κ3) is 7.92. The van der Waals surface area contributed by atoms with E-state index in [1.165, 1.54) is 18.2 Å². The largest absolute Gasteiger partial charge is 0.481 e. The number of anilines is 1. The van der Waals surface area contributed by atoms with Gasteiger partial charge in [0.25, 0.3) is 15.9 Å². The van der Waals surface area contributed by atoms with E-state index in [2.05, 4.69) is 42.1 Å². The van der Waals surface area contributed by atoms with Gasteiger partial charge in [-0.05, 0) is 68.0 Å². The molecule has 37 heavy (non-hydrogen) atoms. The number of benzene rings is 3. The Morgan fingerprint density at radius 3 is 2.16 bits per heavy atom. The van der Waals surface area contributed by atoms with Crippen LogP contribution in [-0.4, -0.2) is 25.4 Å². The number of rotatable bonds is 11. The molecule has 0 saturated carbocycles. The molecule has 3 aromatic rings. The van der Waals surface area contributed by atoms with E-state index in [1.807, 2.05) is 13.8 Å². The molecule has 0 aliphatic heterocycles. The van der Waals surface area contributed by atoms with Crippen molar-refractivity contribution in [2.24, 2.45) is 5.92 Å². The molecular weight excluding hydrogens is 488 g/mol. The molecule has 1 unspecified atom stereocenters. The number of aryl methyl sites for hydroxylation is 3. The maximum Gasteiger partial charge on any atom is 0.303 e. The van der Waals surface area contributed by atoms with Crippen molar-refractivity contribution in [3.63, 3.8) is 0 Å². The second-order valence-corrected chi connectivity index (χ2v) is 11.4. The molecule has 0 radical (unpaired) electrons. The van der Waals surface area contributed by atoms with Gasteiger partial charge in [0.05, 0.1) is 10.9 Å². The van der Waals surface area contributed by atoms with Crippen molar-refractivity contribution < 1.29 is 23.1 Å². The minimum atomic E-state index is -3.86. The smallest absolute Gasteiger partial charge is 0.303 e. The van der Waals surface area contributed by atoms with Crippen LogP contribution in [0.3, 0.4) is 0 Å². The molecule has 0 spiro atoms. The van der Waals surface area contributed by atoms with Crippen LogP contribution in [-0.2, 0) is 21.2 Å². The van der Waals surface area contributed by atoms with Crippen molar-refractivity contribution >= 4 is 27.6 Å². The standard InChI is InChI=1S/C29H34N2O5S/c1-19(2)14-27(23-16-20(3)15-21(4)17-23)30-29(34)26-18-24(12-10-22(26)11-13-28(32)33)31-37(35,36)25-8-6-5-7-9-25/h5-10,12,15-19,27,31H,11,13-14H2,1-4H3,(H,30,34)(H,32,33). The maximum absolute atomic E-state index is 13.6. The zero-order valence-corrected chi connectivity index (χ0v) is 22.4. The SMILES string of the molecule is Cc1cc(C)cc(C(CC(C)C)NC(=O)c2cc(NS(=O)(=O)c3ccccc3)ccc2CCC(=O)O)c1. The van der Waals surface area contributed by atoms with E-state index in [4.69, 9.17) is 0 Å². The summed E-state index contributed by atoms with van der Waals surface area (Å²) in [7, 11) is -3.86. The van der Waals surface area contributed by atoms with Gasteiger partial charge in [0.2, 0.25) is 0 Å². The summed E-state index contributed by atoms with van der Waals surface area (Å²) in [4.78, 5) is 24.9. The fourth-order valence-corrected chi connectivity index (χ4v) is 5.39. The number of carboxylic acids is 1. The summed E-state index contributed by atoms with van der Waals surface area (Å²) in [5, 5.41) is 12.3. The normalized spacial score (nSPS) is 12.2. The van der Waals surface area contributed by atoms with Gasteiger partial charge in [-0.1, -0.05) is 67.4 Å². The molecule has 0 aliphatic rings. The molecule has 1 atom stereocenters. The first kappa shape index (κ1) is 27.9. The summed E-state index contributed by atoms with van der Waals surface area (Å²) in [6.07, 6.45) is 0.698. The summed E-state index contributed by atoms with van der Waals surface area (Å²) in [6, 6.07) is 18.5.